The fourth-order valence-corrected chi connectivity index (χ4v) is 2.29. The SMILES string of the molecule is CN(C)C(C)(C)C(N)Cc1cccc2ccccc12. The molecule has 2 N–H and O–H groups in total. The Balaban J connectivity index is 2.32. The van der Waals surface area contributed by atoms with Crippen LogP contribution in [0.25, 0.3) is 10.8 Å². The van der Waals surface area contributed by atoms with E-state index in [1.165, 1.54) is 16.3 Å². The molecule has 1 atom stereocenters. The first kappa shape index (κ1) is 14.0. The second kappa shape index (κ2) is 5.32. The highest BCUT2D eigenvalue weighted by Crippen LogP contribution is 2.23. The van der Waals surface area contributed by atoms with E-state index >= 15 is 0 Å². The van der Waals surface area contributed by atoms with Crippen LogP contribution < -0.4 is 5.73 Å². The van der Waals surface area contributed by atoms with E-state index in [-0.39, 0.29) is 11.6 Å². The summed E-state index contributed by atoms with van der Waals surface area (Å²) in [5.41, 5.74) is 7.75. The molecule has 0 fully saturated rings. The maximum absolute atomic E-state index is 6.43. The largest absolute Gasteiger partial charge is 0.326 e. The normalized spacial score (nSPS) is 14.0. The summed E-state index contributed by atoms with van der Waals surface area (Å²) in [6.07, 6.45) is 0.895. The quantitative estimate of drug-likeness (QED) is 0.911. The average Bonchev–Trinajstić information content (AvgIpc) is 2.39. The number of hydrogen-bond acceptors (Lipinski definition) is 2. The van der Waals surface area contributed by atoms with Crippen molar-refractivity contribution in [3.05, 3.63) is 48.0 Å². The number of benzene rings is 2. The third kappa shape index (κ3) is 2.80. The lowest BCUT2D eigenvalue weighted by Gasteiger charge is -2.38. The molecule has 0 aliphatic rings. The molecule has 2 heteroatoms. The monoisotopic (exact) mass is 256 g/mol. The fourth-order valence-electron chi connectivity index (χ4n) is 2.29. The molecule has 0 bridgehead atoms. The van der Waals surface area contributed by atoms with Crippen molar-refractivity contribution in [1.82, 2.24) is 4.90 Å². The van der Waals surface area contributed by atoms with Crippen LogP contribution in [-0.4, -0.2) is 30.6 Å². The molecule has 0 saturated carbocycles. The predicted octanol–water partition coefficient (Wildman–Crippen LogP) is 3.05. The first-order valence-electron chi connectivity index (χ1n) is 6.82. The third-order valence-corrected chi connectivity index (χ3v) is 4.38. The van der Waals surface area contributed by atoms with E-state index in [9.17, 15) is 0 Å². The smallest absolute Gasteiger partial charge is 0.0301 e. The van der Waals surface area contributed by atoms with Gasteiger partial charge in [0.1, 0.15) is 0 Å². The molecule has 0 spiro atoms. The van der Waals surface area contributed by atoms with Crippen LogP contribution in [0.1, 0.15) is 19.4 Å². The van der Waals surface area contributed by atoms with E-state index in [2.05, 4.69) is 75.3 Å². The van der Waals surface area contributed by atoms with E-state index in [4.69, 9.17) is 5.73 Å². The Morgan fingerprint density at radius 3 is 2.37 bits per heavy atom. The lowest BCUT2D eigenvalue weighted by Crippen LogP contribution is -2.54. The van der Waals surface area contributed by atoms with Gasteiger partial charge in [-0.2, -0.15) is 0 Å². The summed E-state index contributed by atoms with van der Waals surface area (Å²) in [6, 6.07) is 15.1. The summed E-state index contributed by atoms with van der Waals surface area (Å²) in [4.78, 5) is 2.20. The van der Waals surface area contributed by atoms with Crippen LogP contribution in [0.15, 0.2) is 42.5 Å². The molecule has 0 saturated heterocycles. The van der Waals surface area contributed by atoms with Gasteiger partial charge < -0.3 is 10.6 Å². The Hall–Kier alpha value is -1.38. The van der Waals surface area contributed by atoms with Crippen LogP contribution in [0.5, 0.6) is 0 Å². The molecular formula is C17H24N2. The maximum atomic E-state index is 6.43. The number of nitrogens with two attached hydrogens (primary N) is 1. The van der Waals surface area contributed by atoms with Gasteiger partial charge in [-0.3, -0.25) is 0 Å². The predicted molar refractivity (Wildman–Crippen MR) is 83.4 cm³/mol. The third-order valence-electron chi connectivity index (χ3n) is 4.38. The molecule has 2 nitrogen and oxygen atoms in total. The molecule has 1 unspecified atom stereocenters. The van der Waals surface area contributed by atoms with Gasteiger partial charge in [-0.15, -0.1) is 0 Å². The van der Waals surface area contributed by atoms with Gasteiger partial charge in [-0.25, -0.2) is 0 Å². The molecule has 0 aliphatic heterocycles. The van der Waals surface area contributed by atoms with E-state index in [0.717, 1.165) is 6.42 Å². The highest BCUT2D eigenvalue weighted by molar-refractivity contribution is 5.85. The summed E-state index contributed by atoms with van der Waals surface area (Å²) >= 11 is 0. The van der Waals surface area contributed by atoms with Gasteiger partial charge in [0.2, 0.25) is 0 Å². The average molecular weight is 256 g/mol. The first-order chi connectivity index (χ1) is 8.93. The van der Waals surface area contributed by atoms with Gasteiger partial charge in [-0.1, -0.05) is 42.5 Å². The Bertz CT molecular complexity index is 553. The summed E-state index contributed by atoms with van der Waals surface area (Å²) in [7, 11) is 4.17. The second-order valence-electron chi connectivity index (χ2n) is 6.00. The van der Waals surface area contributed by atoms with Gasteiger partial charge >= 0.3 is 0 Å². The number of rotatable bonds is 4. The molecule has 0 radical (unpaired) electrons. The van der Waals surface area contributed by atoms with Crippen molar-refractivity contribution < 1.29 is 0 Å². The molecule has 102 valence electrons. The van der Waals surface area contributed by atoms with Gasteiger partial charge in [-0.05, 0) is 50.7 Å². The molecule has 0 amide bonds. The molecule has 0 aromatic heterocycles. The second-order valence-corrected chi connectivity index (χ2v) is 6.00. The van der Waals surface area contributed by atoms with Crippen LogP contribution >= 0.6 is 0 Å². The highest BCUT2D eigenvalue weighted by Gasteiger charge is 2.28. The number of likely N-dealkylation sites (N-methyl/N-ethyl adjacent to an activating group) is 1. The lowest BCUT2D eigenvalue weighted by molar-refractivity contribution is 0.158. The summed E-state index contributed by atoms with van der Waals surface area (Å²) < 4.78 is 0. The van der Waals surface area contributed by atoms with Crippen LogP contribution in [0.3, 0.4) is 0 Å². The Morgan fingerprint density at radius 1 is 1.05 bits per heavy atom. The Kier molecular flexibility index (Phi) is 3.93. The molecule has 2 aromatic carbocycles. The number of nitrogens with zero attached hydrogens (tertiary/aromatic N) is 1. The molecule has 19 heavy (non-hydrogen) atoms. The van der Waals surface area contributed by atoms with Gasteiger partial charge in [0.15, 0.2) is 0 Å². The molecule has 2 rings (SSSR count). The Labute approximate surface area is 116 Å². The number of hydrogen-bond donors (Lipinski definition) is 1. The summed E-state index contributed by atoms with van der Waals surface area (Å²) in [6.45, 7) is 4.39. The van der Waals surface area contributed by atoms with E-state index in [1.54, 1.807) is 0 Å². The van der Waals surface area contributed by atoms with Crippen LogP contribution in [-0.2, 0) is 6.42 Å². The Morgan fingerprint density at radius 2 is 1.68 bits per heavy atom. The van der Waals surface area contributed by atoms with Gasteiger partial charge in [0, 0.05) is 11.6 Å². The minimum absolute atomic E-state index is 0.0169. The van der Waals surface area contributed by atoms with Crippen LogP contribution in [0, 0.1) is 0 Å². The molecule has 0 aliphatic carbocycles. The zero-order chi connectivity index (χ0) is 14.0. The van der Waals surface area contributed by atoms with Crippen molar-refractivity contribution in [2.75, 3.05) is 14.1 Å². The lowest BCUT2D eigenvalue weighted by atomic mass is 9.87. The van der Waals surface area contributed by atoms with Crippen molar-refractivity contribution >= 4 is 10.8 Å². The van der Waals surface area contributed by atoms with Crippen LogP contribution in [0.2, 0.25) is 0 Å². The topological polar surface area (TPSA) is 29.3 Å². The zero-order valence-corrected chi connectivity index (χ0v) is 12.4. The first-order valence-corrected chi connectivity index (χ1v) is 6.82. The van der Waals surface area contributed by atoms with Crippen LogP contribution in [0.4, 0.5) is 0 Å². The fraction of sp³-hybridized carbons (Fsp3) is 0.412. The van der Waals surface area contributed by atoms with E-state index in [1.807, 2.05) is 0 Å². The van der Waals surface area contributed by atoms with Crippen molar-refractivity contribution in [3.63, 3.8) is 0 Å². The highest BCUT2D eigenvalue weighted by atomic mass is 15.2. The molecule has 0 heterocycles. The maximum Gasteiger partial charge on any atom is 0.0301 e. The van der Waals surface area contributed by atoms with Gasteiger partial charge in [0.25, 0.3) is 0 Å². The van der Waals surface area contributed by atoms with Crippen molar-refractivity contribution in [2.45, 2.75) is 31.8 Å². The molecule has 2 aromatic rings. The van der Waals surface area contributed by atoms with E-state index < -0.39 is 0 Å². The minimum atomic E-state index is -0.0169. The van der Waals surface area contributed by atoms with Crippen molar-refractivity contribution in [2.24, 2.45) is 5.73 Å². The molecular weight excluding hydrogens is 232 g/mol. The number of fused-ring (bicyclic) bond motifs is 1. The van der Waals surface area contributed by atoms with Crippen molar-refractivity contribution in [1.29, 1.82) is 0 Å². The minimum Gasteiger partial charge on any atom is -0.326 e. The standard InChI is InChI=1S/C17H24N2/c1-17(2,19(3)4)16(18)12-14-10-7-9-13-8-5-6-11-15(13)14/h5-11,16H,12,18H2,1-4H3. The van der Waals surface area contributed by atoms with Crippen molar-refractivity contribution in [3.8, 4) is 0 Å². The van der Waals surface area contributed by atoms with E-state index in [0.29, 0.717) is 0 Å². The summed E-state index contributed by atoms with van der Waals surface area (Å²) in [5.74, 6) is 0. The van der Waals surface area contributed by atoms with Gasteiger partial charge in [0.05, 0.1) is 0 Å². The zero-order valence-electron chi connectivity index (χ0n) is 12.4. The summed E-state index contributed by atoms with van der Waals surface area (Å²) in [5, 5.41) is 2.60.